The molecule has 1 aliphatic rings. The molecule has 1 aromatic heterocycles. The van der Waals surface area contributed by atoms with Gasteiger partial charge in [-0.3, -0.25) is 9.59 Å². The van der Waals surface area contributed by atoms with E-state index in [0.717, 1.165) is 5.56 Å². The third kappa shape index (κ3) is 4.88. The average Bonchev–Trinajstić information content (AvgIpc) is 3.30. The second-order valence-corrected chi connectivity index (χ2v) is 8.34. The summed E-state index contributed by atoms with van der Waals surface area (Å²) < 4.78 is 14.5. The van der Waals surface area contributed by atoms with Crippen LogP contribution in [0, 0.1) is 5.82 Å². The largest absolute Gasteiger partial charge is 0.366 e. The standard InChI is InChI=1S/C23H24ClFN6O2/c1-3-20(31-27-22(26-28-31)16-4-7-18(24)8-5-16)23(33)30-12-10-29(11-13-30)21-9-6-17(15(2)32)14-19(21)25/h4-9,14,20H,3,10-13H2,1-2H3. The first kappa shape index (κ1) is 22.8. The normalized spacial score (nSPS) is 14.9. The number of carbonyl (C=O) groups is 2. The predicted octanol–water partition coefficient (Wildman–Crippen LogP) is 3.64. The Labute approximate surface area is 195 Å². The molecule has 0 radical (unpaired) electrons. The van der Waals surface area contributed by atoms with Gasteiger partial charge in [-0.2, -0.15) is 4.80 Å². The summed E-state index contributed by atoms with van der Waals surface area (Å²) in [7, 11) is 0. The van der Waals surface area contributed by atoms with Crippen LogP contribution in [0.15, 0.2) is 42.5 Å². The summed E-state index contributed by atoms with van der Waals surface area (Å²) in [5, 5.41) is 13.2. The Kier molecular flexibility index (Phi) is 6.69. The lowest BCUT2D eigenvalue weighted by molar-refractivity contribution is -0.135. The van der Waals surface area contributed by atoms with Gasteiger partial charge < -0.3 is 9.80 Å². The Hall–Kier alpha value is -3.33. The summed E-state index contributed by atoms with van der Waals surface area (Å²) in [4.78, 5) is 29.7. The van der Waals surface area contributed by atoms with Crippen LogP contribution in [0.5, 0.6) is 0 Å². The quantitative estimate of drug-likeness (QED) is 0.511. The van der Waals surface area contributed by atoms with Gasteiger partial charge in [0.05, 0.1) is 5.69 Å². The third-order valence-electron chi connectivity index (χ3n) is 5.77. The summed E-state index contributed by atoms with van der Waals surface area (Å²) in [5.74, 6) is -0.283. The van der Waals surface area contributed by atoms with Crippen molar-refractivity contribution in [3.63, 3.8) is 0 Å². The van der Waals surface area contributed by atoms with Crippen LogP contribution in [0.25, 0.3) is 11.4 Å². The molecule has 1 aliphatic heterocycles. The summed E-state index contributed by atoms with van der Waals surface area (Å²) >= 11 is 5.93. The number of halogens is 2. The van der Waals surface area contributed by atoms with Crippen molar-refractivity contribution in [1.82, 2.24) is 25.1 Å². The van der Waals surface area contributed by atoms with E-state index in [-0.39, 0.29) is 11.7 Å². The van der Waals surface area contributed by atoms with Gasteiger partial charge in [0.1, 0.15) is 5.82 Å². The lowest BCUT2D eigenvalue weighted by atomic mass is 10.1. The van der Waals surface area contributed by atoms with E-state index in [1.807, 2.05) is 11.8 Å². The van der Waals surface area contributed by atoms with Crippen LogP contribution in [0.1, 0.15) is 36.7 Å². The second-order valence-electron chi connectivity index (χ2n) is 7.90. The number of amides is 1. The van der Waals surface area contributed by atoms with E-state index < -0.39 is 11.9 Å². The monoisotopic (exact) mass is 470 g/mol. The number of benzene rings is 2. The maximum Gasteiger partial charge on any atom is 0.249 e. The second kappa shape index (κ2) is 9.66. The van der Waals surface area contributed by atoms with Gasteiger partial charge in [0.2, 0.25) is 11.7 Å². The number of carbonyl (C=O) groups excluding carboxylic acids is 2. The molecule has 1 fully saturated rings. The van der Waals surface area contributed by atoms with Gasteiger partial charge in [0.15, 0.2) is 11.8 Å². The molecular formula is C23H24ClFN6O2. The van der Waals surface area contributed by atoms with E-state index in [4.69, 9.17) is 11.6 Å². The minimum absolute atomic E-state index is 0.0930. The molecule has 8 nitrogen and oxygen atoms in total. The number of hydrogen-bond acceptors (Lipinski definition) is 6. The summed E-state index contributed by atoms with van der Waals surface area (Å²) in [6.45, 7) is 5.17. The van der Waals surface area contributed by atoms with Crippen molar-refractivity contribution in [3.8, 4) is 11.4 Å². The van der Waals surface area contributed by atoms with Gasteiger partial charge in [0, 0.05) is 42.3 Å². The molecule has 2 heterocycles. The van der Waals surface area contributed by atoms with Crippen LogP contribution in [0.2, 0.25) is 5.02 Å². The van der Waals surface area contributed by atoms with Gasteiger partial charge in [0.25, 0.3) is 0 Å². The highest BCUT2D eigenvalue weighted by Crippen LogP contribution is 2.24. The molecule has 2 aromatic carbocycles. The van der Waals surface area contributed by atoms with Crippen molar-refractivity contribution in [3.05, 3.63) is 58.9 Å². The van der Waals surface area contributed by atoms with Crippen molar-refractivity contribution >= 4 is 29.0 Å². The van der Waals surface area contributed by atoms with E-state index >= 15 is 0 Å². The Balaban J connectivity index is 1.42. The van der Waals surface area contributed by atoms with Crippen LogP contribution in [0.3, 0.4) is 0 Å². The number of hydrogen-bond donors (Lipinski definition) is 0. The van der Waals surface area contributed by atoms with Crippen molar-refractivity contribution in [2.24, 2.45) is 0 Å². The highest BCUT2D eigenvalue weighted by molar-refractivity contribution is 6.30. The molecule has 0 aliphatic carbocycles. The lowest BCUT2D eigenvalue weighted by Crippen LogP contribution is -2.51. The zero-order chi connectivity index (χ0) is 23.5. The number of piperazine rings is 1. The number of nitrogens with zero attached hydrogens (tertiary/aromatic N) is 6. The number of rotatable bonds is 6. The summed E-state index contributed by atoms with van der Waals surface area (Å²) in [6.07, 6.45) is 0.511. The highest BCUT2D eigenvalue weighted by atomic mass is 35.5. The SMILES string of the molecule is CCC(C(=O)N1CCN(c2ccc(C(C)=O)cc2F)CC1)n1nnc(-c2ccc(Cl)cc2)n1. The number of anilines is 1. The molecule has 4 rings (SSSR count). The van der Waals surface area contributed by atoms with E-state index in [2.05, 4.69) is 15.4 Å². The van der Waals surface area contributed by atoms with Gasteiger partial charge in [-0.05, 0) is 61.0 Å². The van der Waals surface area contributed by atoms with Gasteiger partial charge in [-0.1, -0.05) is 18.5 Å². The maximum absolute atomic E-state index is 14.5. The van der Waals surface area contributed by atoms with Crippen molar-refractivity contribution in [2.45, 2.75) is 26.3 Å². The number of aromatic nitrogens is 4. The molecule has 0 N–H and O–H groups in total. The molecule has 33 heavy (non-hydrogen) atoms. The fourth-order valence-electron chi connectivity index (χ4n) is 3.87. The minimum atomic E-state index is -0.573. The van der Waals surface area contributed by atoms with Crippen LogP contribution in [-0.2, 0) is 4.79 Å². The zero-order valence-electron chi connectivity index (χ0n) is 18.4. The van der Waals surface area contributed by atoms with Gasteiger partial charge in [-0.15, -0.1) is 10.2 Å². The van der Waals surface area contributed by atoms with E-state index in [1.165, 1.54) is 17.8 Å². The van der Waals surface area contributed by atoms with Crippen LogP contribution in [-0.4, -0.2) is 63.0 Å². The number of ketones is 1. The molecule has 1 atom stereocenters. The summed E-state index contributed by atoms with van der Waals surface area (Å²) in [6, 6.07) is 11.0. The molecule has 1 amide bonds. The van der Waals surface area contributed by atoms with Crippen LogP contribution >= 0.6 is 11.6 Å². The number of tetrazole rings is 1. The van der Waals surface area contributed by atoms with Gasteiger partial charge in [-0.25, -0.2) is 4.39 Å². The average molecular weight is 471 g/mol. The molecule has 10 heteroatoms. The molecule has 1 unspecified atom stereocenters. The van der Waals surface area contributed by atoms with Crippen molar-refractivity contribution < 1.29 is 14.0 Å². The predicted molar refractivity (Wildman–Crippen MR) is 123 cm³/mol. The fraction of sp³-hybridized carbons (Fsp3) is 0.348. The minimum Gasteiger partial charge on any atom is -0.366 e. The van der Waals surface area contributed by atoms with Crippen LogP contribution < -0.4 is 4.90 Å². The molecule has 0 spiro atoms. The zero-order valence-corrected chi connectivity index (χ0v) is 19.2. The van der Waals surface area contributed by atoms with Gasteiger partial charge >= 0.3 is 0 Å². The van der Waals surface area contributed by atoms with E-state index in [9.17, 15) is 14.0 Å². The molecule has 0 saturated carbocycles. The first-order valence-electron chi connectivity index (χ1n) is 10.8. The summed E-state index contributed by atoms with van der Waals surface area (Å²) in [5.41, 5.74) is 1.54. The smallest absolute Gasteiger partial charge is 0.249 e. The molecular weight excluding hydrogens is 447 g/mol. The highest BCUT2D eigenvalue weighted by Gasteiger charge is 2.30. The molecule has 1 saturated heterocycles. The maximum atomic E-state index is 14.5. The molecule has 3 aromatic rings. The first-order valence-corrected chi connectivity index (χ1v) is 11.1. The first-order chi connectivity index (χ1) is 15.9. The fourth-order valence-corrected chi connectivity index (χ4v) is 4.00. The Morgan fingerprint density at radius 1 is 1.09 bits per heavy atom. The van der Waals surface area contributed by atoms with E-state index in [1.54, 1.807) is 41.3 Å². The molecule has 0 bridgehead atoms. The Morgan fingerprint density at radius 2 is 1.79 bits per heavy atom. The third-order valence-corrected chi connectivity index (χ3v) is 6.02. The van der Waals surface area contributed by atoms with E-state index in [0.29, 0.717) is 54.7 Å². The molecule has 172 valence electrons. The van der Waals surface area contributed by atoms with Crippen LogP contribution in [0.4, 0.5) is 10.1 Å². The number of Topliss-reactive ketones (excluding diaryl/α,β-unsaturated/α-hetero) is 1. The topological polar surface area (TPSA) is 84.2 Å². The van der Waals surface area contributed by atoms with Crippen molar-refractivity contribution in [1.29, 1.82) is 0 Å². The Morgan fingerprint density at radius 3 is 2.39 bits per heavy atom. The van der Waals surface area contributed by atoms with Crippen molar-refractivity contribution in [2.75, 3.05) is 31.1 Å². The lowest BCUT2D eigenvalue weighted by Gasteiger charge is -2.37. The Bertz CT molecular complexity index is 1160.